The lowest BCUT2D eigenvalue weighted by atomic mass is 10.1. The molecule has 8 aromatic heterocycles. The highest BCUT2D eigenvalue weighted by atomic mass is 35.5. The number of aromatic nitrogens is 10. The second-order valence-corrected chi connectivity index (χ2v) is 29.8. The number of Topliss-reactive ketones (excluding diaryl/α,β-unsaturated/α-hetero) is 2. The van der Waals surface area contributed by atoms with Crippen molar-refractivity contribution in [2.45, 2.75) is 73.3 Å². The molecule has 0 bridgehead atoms. The van der Waals surface area contributed by atoms with Gasteiger partial charge in [0, 0.05) is 105 Å². The van der Waals surface area contributed by atoms with E-state index in [1.54, 1.807) is 31.3 Å². The van der Waals surface area contributed by atoms with E-state index in [4.69, 9.17) is 40.4 Å². The van der Waals surface area contributed by atoms with Crippen LogP contribution in [0.1, 0.15) is 98.7 Å². The smallest absolute Gasteiger partial charge is 0.253 e. The average Bonchev–Trinajstić information content (AvgIpc) is 1.42. The standard InChI is InChI=1S/C21H17N3O2.C20H14ClN3O2.C18H15N3O2.C15H13N3OS.C14H15N3O2/c1-13-4-2-5-14(12-13)17-8-9-18(26-17)20-23-16-7-3-6-15-19(16)24(20)11-10-22-21(15)25;21-14-6-2-1-4-12(14)16-8-9-17(26-16)19-23-15-7-3-5-13-18(15)24(19)11-10-22-20(13)25;1-11(22)12-4-2-5-13(10-12)17-20-15-7-3-6-14-16(15)21(17)9-8-19-18(14)23;1-9-5-6-12(20-9)14-17-11-4-2-3-10-13(11)18(14)8-7-16-15(10)19;1-9(18)5-6-12-16-11-4-2-3-10-13(11)17(12)8-7-15-14(10)19/h2-9,12H,10-11H2,1H3,(H,22,25);1-9H,10-11H2,(H,22,25);2-7,10H,8-9H2,1H3,(H,19,23);2-6H,7-8H2,1H3,(H,16,19);2-4H,5-8H2,1H3,(H,15,19). The normalized spacial score (nSPS) is 13.9. The molecule has 114 heavy (non-hydrogen) atoms. The number of furan rings is 2. The third kappa shape index (κ3) is 14.1. The molecule has 21 rings (SSSR count). The maximum absolute atomic E-state index is 12.3. The number of carbonyl (C=O) groups excluding carboxylic acids is 7. The van der Waals surface area contributed by atoms with Crippen molar-refractivity contribution in [1.82, 2.24) is 74.3 Å². The zero-order valence-corrected chi connectivity index (χ0v) is 64.0. The van der Waals surface area contributed by atoms with Crippen molar-refractivity contribution in [3.63, 3.8) is 0 Å². The maximum atomic E-state index is 12.3. The Kier molecular flexibility index (Phi) is 19.8. The van der Waals surface area contributed by atoms with Gasteiger partial charge in [0.05, 0.1) is 92.9 Å². The molecule has 0 spiro atoms. The molecule has 24 nitrogen and oxygen atoms in total. The molecule has 0 saturated carbocycles. The van der Waals surface area contributed by atoms with Gasteiger partial charge in [-0.15, -0.1) is 11.3 Å². The van der Waals surface area contributed by atoms with Crippen LogP contribution in [-0.4, -0.2) is 122 Å². The molecule has 0 radical (unpaired) electrons. The summed E-state index contributed by atoms with van der Waals surface area (Å²) in [4.78, 5) is 109. The zero-order valence-electron chi connectivity index (χ0n) is 62.5. The number of para-hydroxylation sites is 5. The SMILES string of the molecule is CC(=O)CCc1nc2cccc3c2n1CCNC3=O.CC(=O)c1cccc(-c2nc3cccc4c3n2CCNC4=O)c1.Cc1ccc(-c2nc3cccc4c3n2CCNC4=O)s1.Cc1cccc(-c2ccc(-c3nc4cccc5c4n3CCNC5=O)o2)c1.O=C1NCCn2c(-c3ccc(-c4ccccc4Cl)o3)nc3cccc1c32. The molecule has 568 valence electrons. The topological polar surface area (TPSA) is 295 Å². The second kappa shape index (κ2) is 30.9. The molecule has 5 N–H and O–H groups in total. The van der Waals surface area contributed by atoms with Crippen LogP contribution in [0.25, 0.3) is 123 Å². The fourth-order valence-corrected chi connectivity index (χ4v) is 16.4. The van der Waals surface area contributed by atoms with Crippen LogP contribution in [0.15, 0.2) is 209 Å². The number of thiophene rings is 1. The minimum atomic E-state index is -0.0722. The summed E-state index contributed by atoms with van der Waals surface area (Å²) in [6.07, 6.45) is 1.11. The summed E-state index contributed by atoms with van der Waals surface area (Å²) >= 11 is 8.01. The van der Waals surface area contributed by atoms with Crippen molar-refractivity contribution in [2.24, 2.45) is 0 Å². The van der Waals surface area contributed by atoms with E-state index in [1.807, 2.05) is 174 Å². The first-order chi connectivity index (χ1) is 55.5. The molecule has 0 unspecified atom stereocenters. The number of amides is 5. The molecule has 16 aromatic rings. The fourth-order valence-electron chi connectivity index (χ4n) is 15.3. The number of aryl methyl sites for hydroxylation is 3. The van der Waals surface area contributed by atoms with Crippen LogP contribution >= 0.6 is 22.9 Å². The summed E-state index contributed by atoms with van der Waals surface area (Å²) in [5.74, 6) is 6.86. The van der Waals surface area contributed by atoms with Crippen LogP contribution in [-0.2, 0) is 43.9 Å². The minimum Gasteiger partial charge on any atom is -0.453 e. The quantitative estimate of drug-likeness (QED) is 0.0796. The number of rotatable bonds is 10. The van der Waals surface area contributed by atoms with Crippen LogP contribution in [0.5, 0.6) is 0 Å². The van der Waals surface area contributed by atoms with Gasteiger partial charge in [-0.05, 0) is 149 Å². The lowest BCUT2D eigenvalue weighted by molar-refractivity contribution is -0.117. The monoisotopic (exact) mass is 1550 g/mol. The Labute approximate surface area is 660 Å². The van der Waals surface area contributed by atoms with Crippen LogP contribution in [0.4, 0.5) is 0 Å². The van der Waals surface area contributed by atoms with Gasteiger partial charge in [-0.2, -0.15) is 0 Å². The first-order valence-electron chi connectivity index (χ1n) is 37.5. The highest BCUT2D eigenvalue weighted by Gasteiger charge is 2.29. The molecule has 8 aromatic carbocycles. The summed E-state index contributed by atoms with van der Waals surface area (Å²) in [6.45, 7) is 13.6. The van der Waals surface area contributed by atoms with Crippen molar-refractivity contribution in [3.8, 4) is 67.9 Å². The molecular weight excluding hydrogens is 1480 g/mol. The highest BCUT2D eigenvalue weighted by molar-refractivity contribution is 7.15. The van der Waals surface area contributed by atoms with E-state index in [9.17, 15) is 33.6 Å². The number of ketones is 2. The van der Waals surface area contributed by atoms with Crippen LogP contribution in [0.3, 0.4) is 0 Å². The third-order valence-corrected chi connectivity index (χ3v) is 21.8. The lowest BCUT2D eigenvalue weighted by Crippen LogP contribution is -2.24. The van der Waals surface area contributed by atoms with E-state index < -0.39 is 0 Å². The summed E-state index contributed by atoms with van der Waals surface area (Å²) in [6, 6.07) is 63.2. The maximum Gasteiger partial charge on any atom is 0.253 e. The van der Waals surface area contributed by atoms with Crippen molar-refractivity contribution < 1.29 is 42.4 Å². The first-order valence-corrected chi connectivity index (χ1v) is 38.7. The van der Waals surface area contributed by atoms with Gasteiger partial charge in [-0.25, -0.2) is 24.9 Å². The largest absolute Gasteiger partial charge is 0.453 e. The van der Waals surface area contributed by atoms with Gasteiger partial charge >= 0.3 is 0 Å². The van der Waals surface area contributed by atoms with E-state index in [0.29, 0.717) is 133 Å². The molecule has 0 atom stereocenters. The fraction of sp³-hybridized carbons (Fsp3) is 0.182. The Morgan fingerprint density at radius 3 is 1.26 bits per heavy atom. The van der Waals surface area contributed by atoms with E-state index in [1.165, 1.54) is 10.4 Å². The Bertz CT molecular complexity index is 6580. The van der Waals surface area contributed by atoms with E-state index in [2.05, 4.69) is 87.9 Å². The summed E-state index contributed by atoms with van der Waals surface area (Å²) in [5.41, 5.74) is 16.4. The van der Waals surface area contributed by atoms with Gasteiger partial charge in [-0.1, -0.05) is 96.0 Å². The molecule has 26 heteroatoms. The number of imidazole rings is 5. The number of carbonyl (C=O) groups is 7. The van der Waals surface area contributed by atoms with Crippen molar-refractivity contribution in [1.29, 1.82) is 0 Å². The molecule has 0 fully saturated rings. The predicted molar refractivity (Wildman–Crippen MR) is 439 cm³/mol. The highest BCUT2D eigenvalue weighted by Crippen LogP contribution is 2.38. The zero-order chi connectivity index (χ0) is 78.4. The number of hydrogen-bond donors (Lipinski definition) is 5. The molecule has 5 aliphatic rings. The van der Waals surface area contributed by atoms with Gasteiger partial charge < -0.3 is 63.0 Å². The van der Waals surface area contributed by atoms with Crippen molar-refractivity contribution >= 4 is 119 Å². The van der Waals surface area contributed by atoms with E-state index in [0.717, 1.165) is 112 Å². The lowest BCUT2D eigenvalue weighted by Gasteiger charge is -2.08. The van der Waals surface area contributed by atoms with Crippen molar-refractivity contribution in [2.75, 3.05) is 32.7 Å². The Balaban J connectivity index is 0.000000104. The molecule has 5 amide bonds. The van der Waals surface area contributed by atoms with Crippen LogP contribution in [0, 0.1) is 13.8 Å². The summed E-state index contributed by atoms with van der Waals surface area (Å²) < 4.78 is 22.6. The number of nitrogens with zero attached hydrogens (tertiary/aromatic N) is 10. The summed E-state index contributed by atoms with van der Waals surface area (Å²) in [5, 5.41) is 15.2. The van der Waals surface area contributed by atoms with Gasteiger partial charge in [-0.3, -0.25) is 28.8 Å². The van der Waals surface area contributed by atoms with Crippen molar-refractivity contribution in [3.05, 3.63) is 255 Å². The predicted octanol–water partition coefficient (Wildman–Crippen LogP) is 15.1. The summed E-state index contributed by atoms with van der Waals surface area (Å²) in [7, 11) is 0. The van der Waals surface area contributed by atoms with Crippen LogP contribution in [0.2, 0.25) is 5.02 Å². The number of halogens is 1. The molecule has 0 aliphatic carbocycles. The molecule has 0 saturated heterocycles. The van der Waals surface area contributed by atoms with E-state index >= 15 is 0 Å². The van der Waals surface area contributed by atoms with Gasteiger partial charge in [0.2, 0.25) is 0 Å². The first kappa shape index (κ1) is 73.2. The van der Waals surface area contributed by atoms with Gasteiger partial charge in [0.15, 0.2) is 34.8 Å². The van der Waals surface area contributed by atoms with Gasteiger partial charge in [0.1, 0.15) is 29.0 Å². The number of nitrogens with one attached hydrogen (secondary N) is 5. The molecule has 13 heterocycles. The molecular formula is C88H74ClN15O9S. The number of benzene rings is 8. The Morgan fingerprint density at radius 2 is 0.789 bits per heavy atom. The Hall–Kier alpha value is -13.7. The average molecular weight is 1550 g/mol. The van der Waals surface area contributed by atoms with Crippen LogP contribution < -0.4 is 26.6 Å². The minimum absolute atomic E-state index is 0.0110. The van der Waals surface area contributed by atoms with E-state index in [-0.39, 0.29) is 41.1 Å². The second-order valence-electron chi connectivity index (χ2n) is 28.1. The Morgan fingerprint density at radius 1 is 0.395 bits per heavy atom. The molecule has 5 aliphatic heterocycles. The third-order valence-electron chi connectivity index (χ3n) is 20.5. The number of hydrogen-bond acceptors (Lipinski definition) is 15. The van der Waals surface area contributed by atoms with Gasteiger partial charge in [0.25, 0.3) is 29.5 Å².